The normalized spacial score (nSPS) is 11.5. The Bertz CT molecular complexity index is 147. The standard InChI is InChI=1S/C11H18.C2H6/c1-4-5-6-7-8-9-10-11(2)3;1-2/h5-11H,4H2,1-3H3;1-2H3/b6-5+,8-7-,10-9+;. The Morgan fingerprint density at radius 2 is 1.46 bits per heavy atom. The first-order chi connectivity index (χ1) is 6.27. The van der Waals surface area contributed by atoms with Crippen LogP contribution in [0.4, 0.5) is 0 Å². The minimum Gasteiger partial charge on any atom is -0.0848 e. The zero-order valence-corrected chi connectivity index (χ0v) is 9.75. The van der Waals surface area contributed by atoms with Gasteiger partial charge in [-0.1, -0.05) is 71.1 Å². The third kappa shape index (κ3) is 18.3. The van der Waals surface area contributed by atoms with Crippen LogP contribution in [-0.4, -0.2) is 0 Å². The Balaban J connectivity index is 0. The lowest BCUT2D eigenvalue weighted by atomic mass is 10.2. The molecule has 0 bridgehead atoms. The highest BCUT2D eigenvalue weighted by Crippen LogP contribution is 1.93. The van der Waals surface area contributed by atoms with Crippen molar-refractivity contribution in [3.63, 3.8) is 0 Å². The van der Waals surface area contributed by atoms with Gasteiger partial charge in [0.2, 0.25) is 0 Å². The number of hydrogen-bond acceptors (Lipinski definition) is 0. The maximum absolute atomic E-state index is 2.18. The molecule has 0 nitrogen and oxygen atoms in total. The van der Waals surface area contributed by atoms with Crippen LogP contribution in [0.5, 0.6) is 0 Å². The molecule has 0 amide bonds. The van der Waals surface area contributed by atoms with E-state index in [-0.39, 0.29) is 0 Å². The van der Waals surface area contributed by atoms with Crippen molar-refractivity contribution in [2.24, 2.45) is 5.92 Å². The van der Waals surface area contributed by atoms with Gasteiger partial charge in [0.25, 0.3) is 0 Å². The molecular weight excluding hydrogens is 156 g/mol. The fraction of sp³-hybridized carbons (Fsp3) is 0.538. The predicted octanol–water partition coefficient (Wildman–Crippen LogP) is 4.75. The van der Waals surface area contributed by atoms with E-state index in [2.05, 4.69) is 57.2 Å². The van der Waals surface area contributed by atoms with E-state index in [1.165, 1.54) is 0 Å². The van der Waals surface area contributed by atoms with Crippen molar-refractivity contribution in [3.05, 3.63) is 36.5 Å². The average Bonchev–Trinajstić information content (AvgIpc) is 2.14. The number of rotatable bonds is 4. The minimum atomic E-state index is 0.648. The first-order valence-corrected chi connectivity index (χ1v) is 5.27. The van der Waals surface area contributed by atoms with Crippen molar-refractivity contribution >= 4 is 0 Å². The van der Waals surface area contributed by atoms with Crippen molar-refractivity contribution in [2.75, 3.05) is 0 Å². The zero-order valence-electron chi connectivity index (χ0n) is 9.75. The van der Waals surface area contributed by atoms with E-state index in [1.54, 1.807) is 0 Å². The quantitative estimate of drug-likeness (QED) is 0.548. The smallest absolute Gasteiger partial charge is 0.0287 e. The third-order valence-electron chi connectivity index (χ3n) is 1.20. The lowest BCUT2D eigenvalue weighted by molar-refractivity contribution is 0.832. The van der Waals surface area contributed by atoms with Crippen molar-refractivity contribution in [2.45, 2.75) is 41.0 Å². The molecule has 0 rings (SSSR count). The van der Waals surface area contributed by atoms with Crippen LogP contribution in [0.1, 0.15) is 41.0 Å². The molecule has 0 fully saturated rings. The van der Waals surface area contributed by atoms with Crippen LogP contribution in [0, 0.1) is 5.92 Å². The minimum absolute atomic E-state index is 0.648. The van der Waals surface area contributed by atoms with Gasteiger partial charge in [0, 0.05) is 0 Å². The highest BCUT2D eigenvalue weighted by atomic mass is 13.8. The van der Waals surface area contributed by atoms with Crippen LogP contribution >= 0.6 is 0 Å². The molecule has 0 atom stereocenters. The molecule has 0 aromatic rings. The molecule has 0 saturated carbocycles. The molecule has 0 N–H and O–H groups in total. The molecule has 0 radical (unpaired) electrons. The van der Waals surface area contributed by atoms with Gasteiger partial charge in [-0.25, -0.2) is 0 Å². The van der Waals surface area contributed by atoms with E-state index in [0.717, 1.165) is 6.42 Å². The largest absolute Gasteiger partial charge is 0.0848 e. The molecule has 0 aliphatic rings. The van der Waals surface area contributed by atoms with Gasteiger partial charge in [0.05, 0.1) is 0 Å². The van der Waals surface area contributed by atoms with E-state index in [9.17, 15) is 0 Å². The molecule has 0 aromatic heterocycles. The Morgan fingerprint density at radius 3 is 1.92 bits per heavy atom. The summed E-state index contributed by atoms with van der Waals surface area (Å²) in [5.41, 5.74) is 0. The molecule has 0 aliphatic heterocycles. The van der Waals surface area contributed by atoms with E-state index in [4.69, 9.17) is 0 Å². The van der Waals surface area contributed by atoms with E-state index >= 15 is 0 Å². The second-order valence-corrected chi connectivity index (χ2v) is 2.85. The van der Waals surface area contributed by atoms with Gasteiger partial charge < -0.3 is 0 Å². The molecule has 0 aliphatic carbocycles. The summed E-state index contributed by atoms with van der Waals surface area (Å²) >= 11 is 0. The van der Waals surface area contributed by atoms with Gasteiger partial charge >= 0.3 is 0 Å². The monoisotopic (exact) mass is 180 g/mol. The van der Waals surface area contributed by atoms with Crippen LogP contribution < -0.4 is 0 Å². The Hall–Kier alpha value is -0.780. The number of hydrogen-bond donors (Lipinski definition) is 0. The van der Waals surface area contributed by atoms with Gasteiger partial charge in [-0.05, 0) is 12.3 Å². The van der Waals surface area contributed by atoms with Crippen LogP contribution in [-0.2, 0) is 0 Å². The Morgan fingerprint density at radius 1 is 0.923 bits per heavy atom. The van der Waals surface area contributed by atoms with E-state index in [1.807, 2.05) is 13.8 Å². The lowest BCUT2D eigenvalue weighted by Gasteiger charge is -1.88. The van der Waals surface area contributed by atoms with E-state index in [0.29, 0.717) is 5.92 Å². The summed E-state index contributed by atoms with van der Waals surface area (Å²) in [6.45, 7) is 10.5. The summed E-state index contributed by atoms with van der Waals surface area (Å²) in [5.74, 6) is 0.648. The van der Waals surface area contributed by atoms with Crippen molar-refractivity contribution < 1.29 is 0 Å². The summed E-state index contributed by atoms with van der Waals surface area (Å²) in [6.07, 6.45) is 13.7. The molecule has 0 saturated heterocycles. The van der Waals surface area contributed by atoms with Gasteiger partial charge in [-0.2, -0.15) is 0 Å². The molecule has 76 valence electrons. The second-order valence-electron chi connectivity index (χ2n) is 2.85. The fourth-order valence-electron chi connectivity index (χ4n) is 0.629. The first-order valence-electron chi connectivity index (χ1n) is 5.27. The third-order valence-corrected chi connectivity index (χ3v) is 1.20. The molecule has 0 aromatic carbocycles. The van der Waals surface area contributed by atoms with Crippen LogP contribution in [0.25, 0.3) is 0 Å². The summed E-state index contributed by atoms with van der Waals surface area (Å²) < 4.78 is 0. The first kappa shape index (κ1) is 14.7. The molecule has 13 heavy (non-hydrogen) atoms. The molecule has 0 heteroatoms. The van der Waals surface area contributed by atoms with Gasteiger partial charge in [0.1, 0.15) is 0 Å². The molecule has 0 heterocycles. The zero-order chi connectivity index (χ0) is 10.5. The summed E-state index contributed by atoms with van der Waals surface area (Å²) in [5, 5.41) is 0. The molecule has 0 spiro atoms. The number of allylic oxidation sites excluding steroid dienone is 6. The summed E-state index contributed by atoms with van der Waals surface area (Å²) in [7, 11) is 0. The van der Waals surface area contributed by atoms with Crippen molar-refractivity contribution in [1.29, 1.82) is 0 Å². The SMILES string of the molecule is CC.CC/C=C/C=C\C=C\C(C)C. The van der Waals surface area contributed by atoms with Gasteiger partial charge in [-0.15, -0.1) is 0 Å². The summed E-state index contributed by atoms with van der Waals surface area (Å²) in [4.78, 5) is 0. The fourth-order valence-corrected chi connectivity index (χ4v) is 0.629. The molecular formula is C13H24. The van der Waals surface area contributed by atoms with Gasteiger partial charge in [0.15, 0.2) is 0 Å². The van der Waals surface area contributed by atoms with Crippen molar-refractivity contribution in [1.82, 2.24) is 0 Å². The maximum atomic E-state index is 2.18. The van der Waals surface area contributed by atoms with Crippen molar-refractivity contribution in [3.8, 4) is 0 Å². The Kier molecular flexibility index (Phi) is 15.6. The van der Waals surface area contributed by atoms with Crippen LogP contribution in [0.2, 0.25) is 0 Å². The summed E-state index contributed by atoms with van der Waals surface area (Å²) in [6, 6.07) is 0. The Labute approximate surface area is 84.1 Å². The van der Waals surface area contributed by atoms with E-state index < -0.39 is 0 Å². The highest BCUT2D eigenvalue weighted by Gasteiger charge is 1.78. The highest BCUT2D eigenvalue weighted by molar-refractivity contribution is 5.11. The van der Waals surface area contributed by atoms with Gasteiger partial charge in [-0.3, -0.25) is 0 Å². The topological polar surface area (TPSA) is 0 Å². The van der Waals surface area contributed by atoms with Crippen LogP contribution in [0.15, 0.2) is 36.5 Å². The predicted molar refractivity (Wildman–Crippen MR) is 63.9 cm³/mol. The second kappa shape index (κ2) is 13.8. The molecule has 0 unspecified atom stereocenters. The maximum Gasteiger partial charge on any atom is -0.0287 e. The van der Waals surface area contributed by atoms with Crippen LogP contribution in [0.3, 0.4) is 0 Å². The average molecular weight is 180 g/mol. The lowest BCUT2D eigenvalue weighted by Crippen LogP contribution is -1.74.